The van der Waals surface area contributed by atoms with Crippen LogP contribution in [-0.2, 0) is 16.5 Å². The molecule has 2 aromatic carbocycles. The van der Waals surface area contributed by atoms with E-state index in [1.54, 1.807) is 44.2 Å². The number of benzene rings is 2. The van der Waals surface area contributed by atoms with Crippen LogP contribution in [0.5, 0.6) is 5.75 Å². The SMILES string of the molecule is CC(C)(OC(=O)Oc1cc(C(=O)O)ccc1C(F)(F)F)c1ccccc1. The van der Waals surface area contributed by atoms with E-state index in [1.165, 1.54) is 0 Å². The second kappa shape index (κ2) is 7.07. The van der Waals surface area contributed by atoms with Gasteiger partial charge in [0, 0.05) is 0 Å². The Kier molecular flexibility index (Phi) is 5.25. The van der Waals surface area contributed by atoms with E-state index in [1.807, 2.05) is 0 Å². The summed E-state index contributed by atoms with van der Waals surface area (Å²) in [6.45, 7) is 3.09. The summed E-state index contributed by atoms with van der Waals surface area (Å²) in [5.41, 5.74) is -2.30. The van der Waals surface area contributed by atoms with Gasteiger partial charge in [-0.3, -0.25) is 0 Å². The summed E-state index contributed by atoms with van der Waals surface area (Å²) in [4.78, 5) is 23.0. The lowest BCUT2D eigenvalue weighted by atomic mass is 9.98. The molecule has 0 bridgehead atoms. The molecule has 26 heavy (non-hydrogen) atoms. The molecule has 0 atom stereocenters. The standard InChI is InChI=1S/C18H15F3O5/c1-17(2,12-6-4-3-5-7-12)26-16(24)25-14-10-11(15(22)23)8-9-13(14)18(19,20)21/h3-10H,1-2H3,(H,22,23). The Morgan fingerprint density at radius 1 is 1.00 bits per heavy atom. The molecule has 0 aromatic heterocycles. The maximum Gasteiger partial charge on any atom is 0.514 e. The van der Waals surface area contributed by atoms with Crippen LogP contribution < -0.4 is 4.74 Å². The van der Waals surface area contributed by atoms with E-state index in [9.17, 15) is 22.8 Å². The van der Waals surface area contributed by atoms with Gasteiger partial charge in [0.2, 0.25) is 0 Å². The van der Waals surface area contributed by atoms with E-state index >= 15 is 0 Å². The zero-order chi connectivity index (χ0) is 19.5. The first-order chi connectivity index (χ1) is 12.0. The average molecular weight is 368 g/mol. The molecule has 0 saturated heterocycles. The number of carbonyl (C=O) groups is 2. The first-order valence-corrected chi connectivity index (χ1v) is 7.41. The molecule has 138 valence electrons. The molecule has 5 nitrogen and oxygen atoms in total. The minimum Gasteiger partial charge on any atom is -0.478 e. The van der Waals surface area contributed by atoms with Crippen molar-refractivity contribution in [2.45, 2.75) is 25.6 Å². The molecule has 0 radical (unpaired) electrons. The number of ether oxygens (including phenoxy) is 2. The van der Waals surface area contributed by atoms with Gasteiger partial charge in [-0.2, -0.15) is 13.2 Å². The Morgan fingerprint density at radius 2 is 1.62 bits per heavy atom. The number of halogens is 3. The fourth-order valence-corrected chi connectivity index (χ4v) is 2.19. The van der Waals surface area contributed by atoms with Crippen LogP contribution in [0.4, 0.5) is 18.0 Å². The highest BCUT2D eigenvalue weighted by Crippen LogP contribution is 2.37. The molecule has 0 fully saturated rings. The molecule has 2 rings (SSSR count). The van der Waals surface area contributed by atoms with Crippen LogP contribution in [0.2, 0.25) is 0 Å². The number of carbonyl (C=O) groups excluding carboxylic acids is 1. The zero-order valence-electron chi connectivity index (χ0n) is 13.8. The highest BCUT2D eigenvalue weighted by atomic mass is 19.4. The summed E-state index contributed by atoms with van der Waals surface area (Å²) in [7, 11) is 0. The van der Waals surface area contributed by atoms with Crippen LogP contribution >= 0.6 is 0 Å². The molecule has 2 aromatic rings. The Labute approximate surface area is 147 Å². The van der Waals surface area contributed by atoms with Crippen molar-refractivity contribution in [3.63, 3.8) is 0 Å². The second-order valence-electron chi connectivity index (χ2n) is 5.84. The molecule has 0 spiro atoms. The van der Waals surface area contributed by atoms with Gasteiger partial charge in [-0.1, -0.05) is 30.3 Å². The third-order valence-electron chi connectivity index (χ3n) is 3.53. The highest BCUT2D eigenvalue weighted by Gasteiger charge is 2.36. The predicted molar refractivity (Wildman–Crippen MR) is 85.0 cm³/mol. The van der Waals surface area contributed by atoms with E-state index < -0.39 is 40.8 Å². The highest BCUT2D eigenvalue weighted by molar-refractivity contribution is 5.88. The fraction of sp³-hybridized carbons (Fsp3) is 0.222. The topological polar surface area (TPSA) is 72.8 Å². The van der Waals surface area contributed by atoms with Crippen molar-refractivity contribution in [1.29, 1.82) is 0 Å². The number of carboxylic acid groups (broad SMARTS) is 1. The van der Waals surface area contributed by atoms with Gasteiger partial charge in [0.1, 0.15) is 11.4 Å². The van der Waals surface area contributed by atoms with E-state index in [0.29, 0.717) is 17.7 Å². The van der Waals surface area contributed by atoms with Crippen LogP contribution in [0.15, 0.2) is 48.5 Å². The molecule has 0 aliphatic heterocycles. The van der Waals surface area contributed by atoms with E-state index in [2.05, 4.69) is 4.74 Å². The summed E-state index contributed by atoms with van der Waals surface area (Å²) in [5.74, 6) is -2.40. The summed E-state index contributed by atoms with van der Waals surface area (Å²) in [6.07, 6.45) is -6.21. The van der Waals surface area contributed by atoms with Crippen molar-refractivity contribution in [1.82, 2.24) is 0 Å². The quantitative estimate of drug-likeness (QED) is 0.617. The molecule has 0 aliphatic rings. The van der Waals surface area contributed by atoms with E-state index in [-0.39, 0.29) is 0 Å². The lowest BCUT2D eigenvalue weighted by molar-refractivity contribution is -0.138. The first-order valence-electron chi connectivity index (χ1n) is 7.41. The van der Waals surface area contributed by atoms with Crippen molar-refractivity contribution in [3.05, 3.63) is 65.2 Å². The minimum atomic E-state index is -4.83. The summed E-state index contributed by atoms with van der Waals surface area (Å²) in [6, 6.07) is 10.5. The number of carboxylic acids is 1. The summed E-state index contributed by atoms with van der Waals surface area (Å²) in [5, 5.41) is 8.92. The number of aromatic carboxylic acids is 1. The monoisotopic (exact) mass is 368 g/mol. The van der Waals surface area contributed by atoms with Gasteiger partial charge in [-0.05, 0) is 37.6 Å². The lowest BCUT2D eigenvalue weighted by Crippen LogP contribution is -2.28. The van der Waals surface area contributed by atoms with Gasteiger partial charge in [-0.15, -0.1) is 0 Å². The molecule has 0 amide bonds. The van der Waals surface area contributed by atoms with Crippen molar-refractivity contribution in [2.75, 3.05) is 0 Å². The Balaban J connectivity index is 2.27. The summed E-state index contributed by atoms with van der Waals surface area (Å²) < 4.78 is 49.0. The summed E-state index contributed by atoms with van der Waals surface area (Å²) >= 11 is 0. The number of hydrogen-bond acceptors (Lipinski definition) is 4. The number of rotatable bonds is 4. The van der Waals surface area contributed by atoms with Crippen molar-refractivity contribution < 1.29 is 37.3 Å². The van der Waals surface area contributed by atoms with Gasteiger partial charge in [-0.25, -0.2) is 9.59 Å². The Bertz CT molecular complexity index is 813. The van der Waals surface area contributed by atoms with Crippen LogP contribution in [0.25, 0.3) is 0 Å². The maximum atomic E-state index is 13.1. The molecule has 1 N–H and O–H groups in total. The van der Waals surface area contributed by atoms with Crippen molar-refractivity contribution >= 4 is 12.1 Å². The Hall–Kier alpha value is -3.03. The van der Waals surface area contributed by atoms with Gasteiger partial charge >= 0.3 is 18.3 Å². The van der Waals surface area contributed by atoms with Gasteiger partial charge in [0.15, 0.2) is 0 Å². The normalized spacial score (nSPS) is 11.7. The number of alkyl halides is 3. The zero-order valence-corrected chi connectivity index (χ0v) is 13.8. The fourth-order valence-electron chi connectivity index (χ4n) is 2.19. The first kappa shape index (κ1) is 19.3. The average Bonchev–Trinajstić information content (AvgIpc) is 2.54. The molecule has 0 heterocycles. The minimum absolute atomic E-state index is 0.455. The largest absolute Gasteiger partial charge is 0.514 e. The predicted octanol–water partition coefficient (Wildman–Crippen LogP) is 4.85. The maximum absolute atomic E-state index is 13.1. The lowest BCUT2D eigenvalue weighted by Gasteiger charge is -2.25. The van der Waals surface area contributed by atoms with Gasteiger partial charge in [0.25, 0.3) is 0 Å². The molecular weight excluding hydrogens is 353 g/mol. The Morgan fingerprint density at radius 3 is 2.15 bits per heavy atom. The second-order valence-corrected chi connectivity index (χ2v) is 5.84. The van der Waals surface area contributed by atoms with E-state index in [4.69, 9.17) is 9.84 Å². The van der Waals surface area contributed by atoms with E-state index in [0.717, 1.165) is 6.07 Å². The van der Waals surface area contributed by atoms with Gasteiger partial charge < -0.3 is 14.6 Å². The van der Waals surface area contributed by atoms with Crippen LogP contribution in [0.1, 0.15) is 35.3 Å². The van der Waals surface area contributed by atoms with Crippen LogP contribution in [0, 0.1) is 0 Å². The molecule has 0 aliphatic carbocycles. The van der Waals surface area contributed by atoms with Crippen molar-refractivity contribution in [2.24, 2.45) is 0 Å². The van der Waals surface area contributed by atoms with Crippen LogP contribution in [0.3, 0.4) is 0 Å². The van der Waals surface area contributed by atoms with Crippen molar-refractivity contribution in [3.8, 4) is 5.75 Å². The number of hydrogen-bond donors (Lipinski definition) is 1. The third kappa shape index (κ3) is 4.53. The molecular formula is C18H15F3O5. The third-order valence-corrected chi connectivity index (χ3v) is 3.53. The van der Waals surface area contributed by atoms with Crippen LogP contribution in [-0.4, -0.2) is 17.2 Å². The molecule has 0 saturated carbocycles. The van der Waals surface area contributed by atoms with Gasteiger partial charge in [0.05, 0.1) is 11.1 Å². The molecule has 0 unspecified atom stereocenters. The molecule has 8 heteroatoms. The smallest absolute Gasteiger partial charge is 0.478 e.